The van der Waals surface area contributed by atoms with E-state index in [4.69, 9.17) is 5.11 Å². The van der Waals surface area contributed by atoms with Crippen molar-refractivity contribution < 1.29 is 14.7 Å². The molecule has 90 valence electrons. The standard InChI is InChI=1S/C12H19NO3/c1-2-5-10(12(15)16)13-11(14)8-9-6-3-4-7-9/h2,9-10H,1,3-8H2,(H,13,14)(H,15,16). The lowest BCUT2D eigenvalue weighted by atomic mass is 10.0. The smallest absolute Gasteiger partial charge is 0.326 e. The maximum atomic E-state index is 11.6. The van der Waals surface area contributed by atoms with Gasteiger partial charge in [-0.3, -0.25) is 4.79 Å². The van der Waals surface area contributed by atoms with E-state index < -0.39 is 12.0 Å². The van der Waals surface area contributed by atoms with Crippen LogP contribution < -0.4 is 5.32 Å². The lowest BCUT2D eigenvalue weighted by Crippen LogP contribution is -2.40. The van der Waals surface area contributed by atoms with Gasteiger partial charge in [-0.15, -0.1) is 6.58 Å². The van der Waals surface area contributed by atoms with Crippen LogP contribution in [0.5, 0.6) is 0 Å². The van der Waals surface area contributed by atoms with Crippen molar-refractivity contribution in [3.05, 3.63) is 12.7 Å². The molecule has 0 aliphatic heterocycles. The van der Waals surface area contributed by atoms with E-state index in [1.54, 1.807) is 0 Å². The average molecular weight is 225 g/mol. The van der Waals surface area contributed by atoms with Gasteiger partial charge in [0.1, 0.15) is 6.04 Å². The summed E-state index contributed by atoms with van der Waals surface area (Å²) in [4.78, 5) is 22.4. The average Bonchev–Trinajstić information content (AvgIpc) is 2.69. The lowest BCUT2D eigenvalue weighted by molar-refractivity contribution is -0.141. The van der Waals surface area contributed by atoms with Crippen molar-refractivity contribution in [1.29, 1.82) is 0 Å². The number of nitrogens with one attached hydrogen (secondary N) is 1. The fraction of sp³-hybridized carbons (Fsp3) is 0.667. The first-order chi connectivity index (χ1) is 7.63. The van der Waals surface area contributed by atoms with Gasteiger partial charge < -0.3 is 10.4 Å². The molecule has 4 nitrogen and oxygen atoms in total. The molecular weight excluding hydrogens is 206 g/mol. The highest BCUT2D eigenvalue weighted by molar-refractivity contribution is 5.83. The zero-order chi connectivity index (χ0) is 12.0. The number of carboxylic acids is 1. The SMILES string of the molecule is C=CCC(NC(=O)CC1CCCC1)C(=O)O. The van der Waals surface area contributed by atoms with Gasteiger partial charge in [-0.1, -0.05) is 18.9 Å². The topological polar surface area (TPSA) is 66.4 Å². The number of aliphatic carboxylic acids is 1. The van der Waals surface area contributed by atoms with Gasteiger partial charge in [-0.25, -0.2) is 4.79 Å². The molecule has 0 aromatic heterocycles. The lowest BCUT2D eigenvalue weighted by Gasteiger charge is -2.14. The molecule has 1 aliphatic carbocycles. The summed E-state index contributed by atoms with van der Waals surface area (Å²) in [6.07, 6.45) is 6.79. The van der Waals surface area contributed by atoms with E-state index in [0.717, 1.165) is 12.8 Å². The third kappa shape index (κ3) is 4.04. The van der Waals surface area contributed by atoms with Crippen LogP contribution in [0.2, 0.25) is 0 Å². The summed E-state index contributed by atoms with van der Waals surface area (Å²) in [6.45, 7) is 3.48. The summed E-state index contributed by atoms with van der Waals surface area (Å²) in [6, 6.07) is -0.827. The highest BCUT2D eigenvalue weighted by Gasteiger charge is 2.22. The molecule has 0 saturated heterocycles. The molecule has 0 aromatic rings. The molecule has 1 atom stereocenters. The predicted octanol–water partition coefficient (Wildman–Crippen LogP) is 1.71. The summed E-state index contributed by atoms with van der Waals surface area (Å²) in [7, 11) is 0. The maximum absolute atomic E-state index is 11.6. The number of hydrogen-bond donors (Lipinski definition) is 2. The molecule has 1 amide bonds. The summed E-state index contributed by atoms with van der Waals surface area (Å²) in [5.74, 6) is -0.709. The van der Waals surface area contributed by atoms with Crippen LogP contribution in [0.15, 0.2) is 12.7 Å². The van der Waals surface area contributed by atoms with Crippen LogP contribution in [0.4, 0.5) is 0 Å². The zero-order valence-electron chi connectivity index (χ0n) is 9.45. The van der Waals surface area contributed by atoms with Crippen molar-refractivity contribution in [3.63, 3.8) is 0 Å². The van der Waals surface area contributed by atoms with Crippen molar-refractivity contribution >= 4 is 11.9 Å². The van der Waals surface area contributed by atoms with E-state index in [-0.39, 0.29) is 12.3 Å². The second-order valence-corrected chi connectivity index (χ2v) is 4.34. The summed E-state index contributed by atoms with van der Waals surface area (Å²) >= 11 is 0. The number of rotatable bonds is 6. The normalized spacial score (nSPS) is 18.0. The molecule has 1 fully saturated rings. The number of carbonyl (C=O) groups is 2. The third-order valence-electron chi connectivity index (χ3n) is 2.98. The zero-order valence-corrected chi connectivity index (χ0v) is 9.45. The maximum Gasteiger partial charge on any atom is 0.326 e. The Morgan fingerprint density at radius 1 is 1.44 bits per heavy atom. The van der Waals surface area contributed by atoms with Crippen LogP contribution in [0, 0.1) is 5.92 Å². The first kappa shape index (κ1) is 12.7. The first-order valence-corrected chi connectivity index (χ1v) is 5.76. The molecule has 16 heavy (non-hydrogen) atoms. The van der Waals surface area contributed by atoms with E-state index in [9.17, 15) is 9.59 Å². The van der Waals surface area contributed by atoms with Crippen molar-refractivity contribution in [2.24, 2.45) is 5.92 Å². The van der Waals surface area contributed by atoms with Gasteiger partial charge in [-0.2, -0.15) is 0 Å². The van der Waals surface area contributed by atoms with E-state index in [1.165, 1.54) is 18.9 Å². The van der Waals surface area contributed by atoms with Gasteiger partial charge in [0, 0.05) is 6.42 Å². The monoisotopic (exact) mass is 225 g/mol. The Bertz CT molecular complexity index is 269. The van der Waals surface area contributed by atoms with E-state index >= 15 is 0 Å². The molecule has 0 radical (unpaired) electrons. The van der Waals surface area contributed by atoms with Gasteiger partial charge >= 0.3 is 5.97 Å². The molecule has 1 aliphatic rings. The highest BCUT2D eigenvalue weighted by Crippen LogP contribution is 2.27. The summed E-state index contributed by atoms with van der Waals surface area (Å²) in [5, 5.41) is 11.4. The van der Waals surface area contributed by atoms with Gasteiger partial charge in [0.25, 0.3) is 0 Å². The largest absolute Gasteiger partial charge is 0.480 e. The Labute approximate surface area is 95.7 Å². The second-order valence-electron chi connectivity index (χ2n) is 4.34. The Morgan fingerprint density at radius 3 is 2.56 bits per heavy atom. The van der Waals surface area contributed by atoms with Gasteiger partial charge in [0.2, 0.25) is 5.91 Å². The van der Waals surface area contributed by atoms with Gasteiger partial charge in [0.15, 0.2) is 0 Å². The van der Waals surface area contributed by atoms with Crippen LogP contribution in [0.3, 0.4) is 0 Å². The molecule has 1 unspecified atom stereocenters. The Balaban J connectivity index is 2.35. The molecule has 1 saturated carbocycles. The minimum atomic E-state index is -1.00. The van der Waals surface area contributed by atoms with Crippen molar-refractivity contribution in [2.75, 3.05) is 0 Å². The number of carboxylic acid groups (broad SMARTS) is 1. The van der Waals surface area contributed by atoms with Gasteiger partial charge in [-0.05, 0) is 25.2 Å². The predicted molar refractivity (Wildman–Crippen MR) is 61.0 cm³/mol. The van der Waals surface area contributed by atoms with Crippen LogP contribution >= 0.6 is 0 Å². The second kappa shape index (κ2) is 6.30. The number of hydrogen-bond acceptors (Lipinski definition) is 2. The summed E-state index contributed by atoms with van der Waals surface area (Å²) < 4.78 is 0. The minimum absolute atomic E-state index is 0.152. The molecule has 0 aromatic carbocycles. The van der Waals surface area contributed by atoms with Crippen LogP contribution in [0.1, 0.15) is 38.5 Å². The molecule has 2 N–H and O–H groups in total. The molecule has 4 heteroatoms. The molecular formula is C12H19NO3. The van der Waals surface area contributed by atoms with Gasteiger partial charge in [0.05, 0.1) is 0 Å². The van der Waals surface area contributed by atoms with Crippen LogP contribution in [-0.4, -0.2) is 23.0 Å². The molecule has 0 spiro atoms. The number of carbonyl (C=O) groups excluding carboxylic acids is 1. The minimum Gasteiger partial charge on any atom is -0.480 e. The Kier molecular flexibility index (Phi) is 5.02. The molecule has 0 bridgehead atoms. The molecule has 0 heterocycles. The van der Waals surface area contributed by atoms with Crippen molar-refractivity contribution in [3.8, 4) is 0 Å². The Morgan fingerprint density at radius 2 is 2.06 bits per heavy atom. The van der Waals surface area contributed by atoms with Crippen molar-refractivity contribution in [1.82, 2.24) is 5.32 Å². The highest BCUT2D eigenvalue weighted by atomic mass is 16.4. The third-order valence-corrected chi connectivity index (χ3v) is 2.98. The van der Waals surface area contributed by atoms with E-state index in [2.05, 4.69) is 11.9 Å². The van der Waals surface area contributed by atoms with Crippen molar-refractivity contribution in [2.45, 2.75) is 44.6 Å². The fourth-order valence-corrected chi connectivity index (χ4v) is 2.12. The summed E-state index contributed by atoms with van der Waals surface area (Å²) in [5.41, 5.74) is 0. The molecule has 1 rings (SSSR count). The van der Waals surface area contributed by atoms with Crippen LogP contribution in [0.25, 0.3) is 0 Å². The first-order valence-electron chi connectivity index (χ1n) is 5.76. The Hall–Kier alpha value is -1.32. The number of amides is 1. The van der Waals surface area contributed by atoms with E-state index in [1.807, 2.05) is 0 Å². The fourth-order valence-electron chi connectivity index (χ4n) is 2.12. The van der Waals surface area contributed by atoms with Crippen LogP contribution in [-0.2, 0) is 9.59 Å². The van der Waals surface area contributed by atoms with E-state index in [0.29, 0.717) is 12.3 Å². The quantitative estimate of drug-likeness (QED) is 0.676.